The Morgan fingerprint density at radius 3 is 2.68 bits per heavy atom. The van der Waals surface area contributed by atoms with Gasteiger partial charge in [0.25, 0.3) is 0 Å². The number of nitrogens with zero attached hydrogens (tertiary/aromatic N) is 2. The highest BCUT2D eigenvalue weighted by Crippen LogP contribution is 2.40. The second kappa shape index (κ2) is 12.8. The van der Waals surface area contributed by atoms with Crippen LogP contribution in [0.4, 0.5) is 0 Å². The van der Waals surface area contributed by atoms with Gasteiger partial charge in [0, 0.05) is 50.9 Å². The quantitative estimate of drug-likeness (QED) is 0.209. The Balaban J connectivity index is 0.00000341. The Kier molecular flexibility index (Phi) is 10.9. The number of halogens is 1. The molecule has 1 heterocycles. The molecule has 0 radical (unpaired) electrons. The molecule has 0 amide bonds. The van der Waals surface area contributed by atoms with Gasteiger partial charge in [-0.25, -0.2) is 0 Å². The highest BCUT2D eigenvalue weighted by molar-refractivity contribution is 14.0. The van der Waals surface area contributed by atoms with E-state index in [-0.39, 0.29) is 29.4 Å². The Bertz CT molecular complexity index is 703. The minimum absolute atomic E-state index is 0. The number of guanidine groups is 1. The van der Waals surface area contributed by atoms with Crippen molar-refractivity contribution >= 4 is 29.9 Å². The van der Waals surface area contributed by atoms with E-state index in [4.69, 9.17) is 19.2 Å². The van der Waals surface area contributed by atoms with Crippen LogP contribution in [0.3, 0.4) is 0 Å². The summed E-state index contributed by atoms with van der Waals surface area (Å²) in [5.41, 5.74) is 2.43. The van der Waals surface area contributed by atoms with E-state index in [0.717, 1.165) is 70.0 Å². The maximum absolute atomic E-state index is 5.83. The smallest absolute Gasteiger partial charge is 0.193 e. The van der Waals surface area contributed by atoms with E-state index >= 15 is 0 Å². The monoisotopic (exact) mass is 545 g/mol. The first-order valence-electron chi connectivity index (χ1n) is 11.4. The fourth-order valence-corrected chi connectivity index (χ4v) is 4.05. The first-order valence-corrected chi connectivity index (χ1v) is 11.4. The van der Waals surface area contributed by atoms with Crippen molar-refractivity contribution in [3.63, 3.8) is 0 Å². The van der Waals surface area contributed by atoms with Crippen LogP contribution in [-0.2, 0) is 14.9 Å². The number of aliphatic imine (C=N–C) groups is 1. The lowest BCUT2D eigenvalue weighted by Gasteiger charge is -2.38. The van der Waals surface area contributed by atoms with E-state index in [0.29, 0.717) is 6.54 Å². The normalized spacial score (nSPS) is 18.3. The van der Waals surface area contributed by atoms with Crippen LogP contribution in [0.5, 0.6) is 5.75 Å². The summed E-state index contributed by atoms with van der Waals surface area (Å²) in [7, 11) is 3.84. The van der Waals surface area contributed by atoms with Gasteiger partial charge >= 0.3 is 0 Å². The van der Waals surface area contributed by atoms with Crippen LogP contribution < -0.4 is 10.1 Å². The molecule has 31 heavy (non-hydrogen) atoms. The van der Waals surface area contributed by atoms with Crippen LogP contribution in [0.1, 0.15) is 43.7 Å². The third-order valence-corrected chi connectivity index (χ3v) is 6.23. The lowest BCUT2D eigenvalue weighted by Crippen LogP contribution is -2.43. The van der Waals surface area contributed by atoms with Crippen LogP contribution in [0.2, 0.25) is 0 Å². The number of methoxy groups -OCH3 is 1. The number of ether oxygens (including phenoxy) is 3. The number of likely N-dealkylation sites (N-methyl/N-ethyl adjacent to an activating group) is 1. The van der Waals surface area contributed by atoms with Crippen molar-refractivity contribution in [2.75, 3.05) is 60.2 Å². The Hall–Kier alpha value is -1.06. The number of benzene rings is 1. The molecule has 1 saturated carbocycles. The highest BCUT2D eigenvalue weighted by Gasteiger charge is 2.37. The van der Waals surface area contributed by atoms with Crippen molar-refractivity contribution in [2.45, 2.75) is 44.9 Å². The molecule has 0 spiro atoms. The number of nitrogens with one attached hydrogen (secondary N) is 1. The maximum Gasteiger partial charge on any atom is 0.193 e. The van der Waals surface area contributed by atoms with E-state index in [1.54, 1.807) is 7.11 Å². The van der Waals surface area contributed by atoms with E-state index in [2.05, 4.69) is 49.3 Å². The van der Waals surface area contributed by atoms with Crippen molar-refractivity contribution in [2.24, 2.45) is 10.9 Å². The molecule has 7 heteroatoms. The van der Waals surface area contributed by atoms with Crippen molar-refractivity contribution < 1.29 is 14.2 Å². The van der Waals surface area contributed by atoms with Gasteiger partial charge in [0.1, 0.15) is 5.75 Å². The topological polar surface area (TPSA) is 55.3 Å². The minimum atomic E-state index is -0.0698. The lowest BCUT2D eigenvalue weighted by molar-refractivity contribution is 0.0521. The summed E-state index contributed by atoms with van der Waals surface area (Å²) in [6, 6.07) is 6.46. The van der Waals surface area contributed by atoms with Crippen molar-refractivity contribution in [3.8, 4) is 5.75 Å². The Labute approximate surface area is 205 Å². The van der Waals surface area contributed by atoms with Gasteiger partial charge in [-0.05, 0) is 51.5 Å². The SMILES string of the molecule is CCNC(=NCC1(c2cc(C)ccc2OC)CCOCC1)N(C)CCOCC1CC1.I. The highest BCUT2D eigenvalue weighted by atomic mass is 127. The van der Waals surface area contributed by atoms with E-state index in [1.165, 1.54) is 24.0 Å². The summed E-state index contributed by atoms with van der Waals surface area (Å²) in [4.78, 5) is 7.26. The zero-order chi connectivity index (χ0) is 21.4. The van der Waals surface area contributed by atoms with E-state index in [9.17, 15) is 0 Å². The third-order valence-electron chi connectivity index (χ3n) is 6.23. The number of hydrogen-bond acceptors (Lipinski definition) is 4. The molecular weight excluding hydrogens is 505 g/mol. The van der Waals surface area contributed by atoms with E-state index < -0.39 is 0 Å². The van der Waals surface area contributed by atoms with Crippen molar-refractivity contribution in [1.29, 1.82) is 0 Å². The molecule has 2 fully saturated rings. The predicted octanol–water partition coefficient (Wildman–Crippen LogP) is 3.99. The van der Waals surface area contributed by atoms with Gasteiger partial charge in [-0.2, -0.15) is 0 Å². The third kappa shape index (κ3) is 7.49. The van der Waals surface area contributed by atoms with Crippen LogP contribution in [-0.4, -0.2) is 71.1 Å². The summed E-state index contributed by atoms with van der Waals surface area (Å²) >= 11 is 0. The molecule has 1 aromatic carbocycles. The first kappa shape index (κ1) is 26.2. The van der Waals surface area contributed by atoms with Crippen LogP contribution >= 0.6 is 24.0 Å². The molecule has 1 aliphatic heterocycles. The molecule has 1 aromatic rings. The predicted molar refractivity (Wildman–Crippen MR) is 137 cm³/mol. The van der Waals surface area contributed by atoms with Crippen molar-refractivity contribution in [3.05, 3.63) is 29.3 Å². The average Bonchev–Trinajstić information content (AvgIpc) is 3.59. The van der Waals surface area contributed by atoms with Crippen LogP contribution in [0.15, 0.2) is 23.2 Å². The molecule has 2 aliphatic rings. The van der Waals surface area contributed by atoms with Crippen molar-refractivity contribution in [1.82, 2.24) is 10.2 Å². The lowest BCUT2D eigenvalue weighted by atomic mass is 9.73. The zero-order valence-electron chi connectivity index (χ0n) is 19.6. The van der Waals surface area contributed by atoms with Gasteiger partial charge in [0.2, 0.25) is 0 Å². The zero-order valence-corrected chi connectivity index (χ0v) is 21.9. The van der Waals surface area contributed by atoms with Crippen LogP contribution in [0, 0.1) is 12.8 Å². The van der Waals surface area contributed by atoms with Crippen LogP contribution in [0.25, 0.3) is 0 Å². The minimum Gasteiger partial charge on any atom is -0.496 e. The summed E-state index contributed by atoms with van der Waals surface area (Å²) in [6.07, 6.45) is 4.55. The van der Waals surface area contributed by atoms with Gasteiger partial charge in [-0.15, -0.1) is 24.0 Å². The molecule has 1 N–H and O–H groups in total. The maximum atomic E-state index is 5.83. The van der Waals surface area contributed by atoms with Gasteiger partial charge < -0.3 is 24.4 Å². The fraction of sp³-hybridized carbons (Fsp3) is 0.708. The fourth-order valence-electron chi connectivity index (χ4n) is 4.05. The first-order chi connectivity index (χ1) is 14.6. The number of hydrogen-bond donors (Lipinski definition) is 1. The molecule has 176 valence electrons. The second-order valence-electron chi connectivity index (χ2n) is 8.71. The molecule has 6 nitrogen and oxygen atoms in total. The molecule has 1 saturated heterocycles. The average molecular weight is 546 g/mol. The molecule has 0 aromatic heterocycles. The summed E-state index contributed by atoms with van der Waals surface area (Å²) in [6.45, 7) is 9.80. The molecule has 0 bridgehead atoms. The number of rotatable bonds is 10. The van der Waals surface area contributed by atoms with Gasteiger partial charge in [-0.1, -0.05) is 17.7 Å². The molecule has 0 atom stereocenters. The Morgan fingerprint density at radius 1 is 1.29 bits per heavy atom. The Morgan fingerprint density at radius 2 is 2.03 bits per heavy atom. The van der Waals surface area contributed by atoms with E-state index in [1.807, 2.05) is 0 Å². The standard InChI is InChI=1S/C24H39N3O3.HI/c1-5-25-23(27(3)12-15-30-17-20-7-8-20)26-18-24(10-13-29-14-11-24)21-16-19(2)6-9-22(21)28-4;/h6,9,16,20H,5,7-8,10-15,17-18H2,1-4H3,(H,25,26);1H. The van der Waals surface area contributed by atoms with Gasteiger partial charge in [-0.3, -0.25) is 4.99 Å². The molecule has 1 aliphatic carbocycles. The van der Waals surface area contributed by atoms with Gasteiger partial charge in [0.05, 0.1) is 20.3 Å². The molecule has 3 rings (SSSR count). The number of aryl methyl sites for hydroxylation is 1. The summed E-state index contributed by atoms with van der Waals surface area (Å²) in [5, 5.41) is 3.45. The largest absolute Gasteiger partial charge is 0.496 e. The summed E-state index contributed by atoms with van der Waals surface area (Å²) < 4.78 is 17.3. The molecular formula is C24H40IN3O3. The van der Waals surface area contributed by atoms with Gasteiger partial charge in [0.15, 0.2) is 5.96 Å². The second-order valence-corrected chi connectivity index (χ2v) is 8.71. The molecule has 0 unspecified atom stereocenters. The summed E-state index contributed by atoms with van der Waals surface area (Å²) in [5.74, 6) is 2.68.